The molecule has 33 nitrogen and oxygen atoms in total. The van der Waals surface area contributed by atoms with Gasteiger partial charge in [0.2, 0.25) is 0 Å². The maximum absolute atomic E-state index is 12.4. The fourth-order valence-corrected chi connectivity index (χ4v) is 19.7. The topological polar surface area (TPSA) is 498 Å². The smallest absolute Gasteiger partial charge is 0.744 e. The van der Waals surface area contributed by atoms with Gasteiger partial charge in [0, 0.05) is 131 Å². The SMILES string of the molecule is O=S(=O)([O-])c1cccc2c3nc4nc(nc5[nH]c(nc6nc(nc([nH]3)c12)-c1ccccc1-6)c1ccccc51)-c1ccccc1-4.O=S(=O)([O-])c1cccc2c3nc4nc(nc5[nH]c(nc6nc(nc([nH]3)c12)-c1ccccc1-6)c1ccccc51)-c1ccccc1-4.O=S(=O)([O-])c1cccc2c3nc4nc(nc5[nH]c(nc6nc(nc([nH]3)c12)-c1ccccc1-6)c1ccccc51)-c1ccccc1-4.[Cr+3]. The molecule has 9 aromatic heterocycles. The van der Waals surface area contributed by atoms with Gasteiger partial charge in [-0.2, -0.15) is 0 Å². The molecule has 0 saturated carbocycles. The number of aromatic nitrogens is 24. The zero-order chi connectivity index (χ0) is 88.7. The van der Waals surface area contributed by atoms with E-state index in [1.807, 2.05) is 218 Å². The first-order chi connectivity index (χ1) is 64.3. The Kier molecular flexibility index (Phi) is 17.9. The van der Waals surface area contributed by atoms with Crippen molar-refractivity contribution < 1.29 is 56.3 Å². The summed E-state index contributed by atoms with van der Waals surface area (Å²) < 4.78 is 112. The van der Waals surface area contributed by atoms with E-state index < -0.39 is 45.0 Å². The summed E-state index contributed by atoms with van der Waals surface area (Å²) in [6, 6.07) is 82.1. The van der Waals surface area contributed by atoms with Gasteiger partial charge in [-0.25, -0.2) is 115 Å². The molecule has 24 bridgehead atoms. The summed E-state index contributed by atoms with van der Waals surface area (Å²) in [6.45, 7) is 0. The first kappa shape index (κ1) is 79.4. The van der Waals surface area contributed by atoms with Crippen LogP contribution < -0.4 is 0 Å². The van der Waals surface area contributed by atoms with Gasteiger partial charge in [0.1, 0.15) is 98.1 Å². The van der Waals surface area contributed by atoms with Crippen LogP contribution in [0.15, 0.2) is 288 Å². The van der Waals surface area contributed by atoms with Crippen LogP contribution in [-0.4, -0.2) is 159 Å². The van der Waals surface area contributed by atoms with Gasteiger partial charge < -0.3 is 43.6 Å². The number of hydrogen-bond acceptors (Lipinski definition) is 27. The molecular weight excluding hydrogens is 1780 g/mol. The minimum absolute atomic E-state index is 0. The molecule has 633 valence electrons. The molecule has 21 aromatic rings. The summed E-state index contributed by atoms with van der Waals surface area (Å²) >= 11 is 0. The van der Waals surface area contributed by atoms with E-state index in [2.05, 4.69) is 29.9 Å². The van der Waals surface area contributed by atoms with E-state index in [1.54, 1.807) is 18.2 Å². The molecule has 12 aromatic carbocycles. The van der Waals surface area contributed by atoms with E-state index in [0.717, 1.165) is 82.4 Å². The predicted octanol–water partition coefficient (Wildman–Crippen LogP) is 17.3. The summed E-state index contributed by atoms with van der Waals surface area (Å²) in [5, 5.41) is 6.73. The van der Waals surface area contributed by atoms with Gasteiger partial charge in [-0.05, 0) is 18.2 Å². The van der Waals surface area contributed by atoms with Crippen molar-refractivity contribution >= 4 is 163 Å². The van der Waals surface area contributed by atoms with Crippen LogP contribution in [0.5, 0.6) is 0 Å². The zero-order valence-electron chi connectivity index (χ0n) is 67.8. The molecule has 0 aliphatic carbocycles. The van der Waals surface area contributed by atoms with E-state index in [-0.39, 0.29) is 50.5 Å². The Hall–Kier alpha value is -17.0. The largest absolute Gasteiger partial charge is 3.00 e. The first-order valence-corrected chi connectivity index (χ1v) is 45.1. The fourth-order valence-electron chi connectivity index (χ4n) is 17.6. The normalized spacial score (nSPS) is 12.3. The van der Waals surface area contributed by atoms with Crippen molar-refractivity contribution in [3.05, 3.63) is 273 Å². The van der Waals surface area contributed by atoms with Gasteiger partial charge in [-0.1, -0.05) is 255 Å². The van der Waals surface area contributed by atoms with Crippen LogP contribution in [0.1, 0.15) is 0 Å². The van der Waals surface area contributed by atoms with E-state index in [4.69, 9.17) is 89.7 Å². The minimum Gasteiger partial charge on any atom is -0.744 e. The monoisotopic (exact) mass is 1830 g/mol. The molecule has 15 heterocycles. The molecule has 6 aliphatic heterocycles. The molecule has 37 heteroatoms. The first-order valence-electron chi connectivity index (χ1n) is 40.8. The molecule has 0 fully saturated rings. The van der Waals surface area contributed by atoms with Crippen LogP contribution in [-0.2, 0) is 47.7 Å². The molecule has 0 saturated heterocycles. The van der Waals surface area contributed by atoms with Crippen LogP contribution in [0.3, 0.4) is 0 Å². The standard InChI is InChI=1S/3C32H18N8O3S.Cr/c3*41-44(42,43)23-15-7-14-22-24(23)32-39-30-21-13-6-5-12-20(21)28(37-30)35-26-17-9-2-1-8-16(17)25(33-26)34-27-18-10-3-4-11-19(18)29(36-27)38-31(22)40-32;/h3*1-15H,(H,41,42,43)(H2,33,34,35,36,37,38,39,40);/q;;;+3/p-3. The maximum Gasteiger partial charge on any atom is 3.00 e. The number of nitrogens with one attached hydrogen (secondary N) is 6. The van der Waals surface area contributed by atoms with Crippen molar-refractivity contribution in [2.45, 2.75) is 14.7 Å². The minimum atomic E-state index is -4.87. The maximum atomic E-state index is 12.4. The van der Waals surface area contributed by atoms with Crippen molar-refractivity contribution in [3.63, 3.8) is 0 Å². The van der Waals surface area contributed by atoms with Crippen molar-refractivity contribution in [2.24, 2.45) is 0 Å². The molecule has 27 rings (SSSR count). The Morgan fingerprint density at radius 1 is 0.158 bits per heavy atom. The second kappa shape index (κ2) is 30.0. The van der Waals surface area contributed by atoms with Gasteiger partial charge in [0.05, 0.1) is 14.7 Å². The average molecular weight is 1830 g/mol. The quantitative estimate of drug-likeness (QED) is 0.0895. The summed E-state index contributed by atoms with van der Waals surface area (Å²) in [5.74, 6) is 4.64. The van der Waals surface area contributed by atoms with Crippen LogP contribution in [0.4, 0.5) is 0 Å². The van der Waals surface area contributed by atoms with Gasteiger partial charge in [-0.3, -0.25) is 0 Å². The van der Waals surface area contributed by atoms with E-state index in [0.29, 0.717) is 154 Å². The van der Waals surface area contributed by atoms with Crippen molar-refractivity contribution in [2.75, 3.05) is 0 Å². The van der Waals surface area contributed by atoms with Gasteiger partial charge in [-0.15, -0.1) is 0 Å². The third-order valence-electron chi connectivity index (χ3n) is 23.4. The molecular formula is C96H51CrN24O9S3. The molecule has 6 aliphatic rings. The summed E-state index contributed by atoms with van der Waals surface area (Å²) in [6.07, 6.45) is 0. The number of H-pyrrole nitrogens is 6. The Labute approximate surface area is 757 Å². The predicted molar refractivity (Wildman–Crippen MR) is 492 cm³/mol. The number of hydrogen-bond donors (Lipinski definition) is 6. The molecule has 0 amide bonds. The Bertz CT molecular complexity index is 8860. The number of fused-ring (bicyclic) bond motifs is 60. The third kappa shape index (κ3) is 13.2. The number of benzene rings is 12. The van der Waals surface area contributed by atoms with Crippen LogP contribution >= 0.6 is 0 Å². The van der Waals surface area contributed by atoms with Crippen molar-refractivity contribution in [3.8, 4) is 137 Å². The molecule has 0 atom stereocenters. The van der Waals surface area contributed by atoms with Gasteiger partial charge in [0.25, 0.3) is 0 Å². The van der Waals surface area contributed by atoms with Gasteiger partial charge in [0.15, 0.2) is 69.9 Å². The summed E-state index contributed by atoms with van der Waals surface area (Å²) in [7, 11) is -14.6. The Morgan fingerprint density at radius 3 is 0.444 bits per heavy atom. The molecule has 0 spiro atoms. The van der Waals surface area contributed by atoms with E-state index >= 15 is 0 Å². The Balaban J connectivity index is 0.000000109. The molecule has 133 heavy (non-hydrogen) atoms. The van der Waals surface area contributed by atoms with Crippen LogP contribution in [0, 0.1) is 0 Å². The molecule has 0 unspecified atom stereocenters. The van der Waals surface area contributed by atoms with Crippen molar-refractivity contribution in [1.82, 2.24) is 120 Å². The number of rotatable bonds is 3. The number of nitrogens with zero attached hydrogens (tertiary/aromatic N) is 18. The van der Waals surface area contributed by atoms with E-state index in [9.17, 15) is 38.9 Å². The third-order valence-corrected chi connectivity index (χ3v) is 26.1. The fraction of sp³-hybridized carbons (Fsp3) is 0. The van der Waals surface area contributed by atoms with Crippen molar-refractivity contribution in [1.29, 1.82) is 0 Å². The Morgan fingerprint density at radius 2 is 0.286 bits per heavy atom. The molecule has 1 radical (unpaired) electrons. The number of aromatic amines is 6. The van der Waals surface area contributed by atoms with Crippen LogP contribution in [0.25, 0.3) is 269 Å². The summed E-state index contributed by atoms with van der Waals surface area (Å²) in [4.78, 5) is 106. The second-order valence-electron chi connectivity index (χ2n) is 31.1. The average Bonchev–Trinajstić information content (AvgIpc) is 1.60. The summed E-state index contributed by atoms with van der Waals surface area (Å²) in [5.41, 5.74) is 13.6. The van der Waals surface area contributed by atoms with E-state index in [1.165, 1.54) is 36.4 Å². The second-order valence-corrected chi connectivity index (χ2v) is 35.2. The van der Waals surface area contributed by atoms with Gasteiger partial charge >= 0.3 is 17.4 Å². The molecule has 6 N–H and O–H groups in total. The van der Waals surface area contributed by atoms with Crippen LogP contribution in [0.2, 0.25) is 0 Å². The zero-order valence-corrected chi connectivity index (χ0v) is 71.6.